The van der Waals surface area contributed by atoms with Crippen molar-refractivity contribution in [1.82, 2.24) is 10.6 Å². The van der Waals surface area contributed by atoms with E-state index < -0.39 is 0 Å². The van der Waals surface area contributed by atoms with E-state index in [4.69, 9.17) is 9.73 Å². The molecule has 0 radical (unpaired) electrons. The Morgan fingerprint density at radius 2 is 1.42 bits per heavy atom. The molecule has 0 aromatic heterocycles. The summed E-state index contributed by atoms with van der Waals surface area (Å²) in [6.07, 6.45) is 12.3. The summed E-state index contributed by atoms with van der Waals surface area (Å²) in [6.45, 7) is 14.9. The highest BCUT2D eigenvalue weighted by molar-refractivity contribution is 5.87. The lowest BCUT2D eigenvalue weighted by Gasteiger charge is -2.26. The summed E-state index contributed by atoms with van der Waals surface area (Å²) < 4.78 is 5.80. The average molecular weight is 498 g/mol. The number of carbonyl (C=O) groups excluding carboxylic acids is 1. The van der Waals surface area contributed by atoms with Gasteiger partial charge < -0.3 is 15.4 Å². The lowest BCUT2D eigenvalue weighted by atomic mass is 9.79. The molecule has 36 heavy (non-hydrogen) atoms. The van der Waals surface area contributed by atoms with Crippen LogP contribution in [0.3, 0.4) is 0 Å². The number of benzene rings is 1. The van der Waals surface area contributed by atoms with Crippen molar-refractivity contribution < 1.29 is 9.53 Å². The van der Waals surface area contributed by atoms with Crippen LogP contribution >= 0.6 is 0 Å². The molecule has 202 valence electrons. The van der Waals surface area contributed by atoms with Gasteiger partial charge in [-0.2, -0.15) is 0 Å². The van der Waals surface area contributed by atoms with Crippen LogP contribution in [0.4, 0.5) is 0 Å². The number of nitrogens with zero attached hydrogens (tertiary/aromatic N) is 1. The first-order valence-corrected chi connectivity index (χ1v) is 14.4. The molecule has 0 heterocycles. The fourth-order valence-electron chi connectivity index (χ4n) is 5.13. The van der Waals surface area contributed by atoms with Crippen molar-refractivity contribution in [2.75, 3.05) is 6.54 Å². The molecule has 0 atom stereocenters. The minimum atomic E-state index is -0.209. The van der Waals surface area contributed by atoms with Crippen LogP contribution in [-0.2, 0) is 26.9 Å². The molecule has 2 saturated carbocycles. The predicted octanol–water partition coefficient (Wildman–Crippen LogP) is 6.92. The molecule has 2 aliphatic rings. The van der Waals surface area contributed by atoms with Crippen molar-refractivity contribution in [3.63, 3.8) is 0 Å². The van der Waals surface area contributed by atoms with Crippen LogP contribution < -0.4 is 10.6 Å². The van der Waals surface area contributed by atoms with E-state index in [2.05, 4.69) is 70.4 Å². The highest BCUT2D eigenvalue weighted by Crippen LogP contribution is 2.30. The number of nitrogens with one attached hydrogen (secondary N) is 2. The third-order valence-corrected chi connectivity index (χ3v) is 7.58. The SMILES string of the molecule is CC(C)(C)c1cc(CNCCC(=O)OC(=NC2CCCCC2)NC2CCCCC2)cc(C(C)(C)C)c1. The molecular weight excluding hydrogens is 446 g/mol. The third kappa shape index (κ3) is 9.53. The number of hydrogen-bond donors (Lipinski definition) is 2. The van der Waals surface area contributed by atoms with E-state index in [9.17, 15) is 4.79 Å². The lowest BCUT2D eigenvalue weighted by Crippen LogP contribution is -2.40. The van der Waals surface area contributed by atoms with Gasteiger partial charge in [-0.05, 0) is 53.2 Å². The molecule has 3 rings (SSSR count). The fourth-order valence-corrected chi connectivity index (χ4v) is 5.13. The van der Waals surface area contributed by atoms with Gasteiger partial charge in [0.25, 0.3) is 6.02 Å². The molecule has 2 fully saturated rings. The summed E-state index contributed by atoms with van der Waals surface area (Å²) in [7, 11) is 0. The molecule has 1 aromatic carbocycles. The summed E-state index contributed by atoms with van der Waals surface area (Å²) in [4.78, 5) is 17.6. The molecule has 1 aromatic rings. The maximum atomic E-state index is 12.7. The second-order valence-corrected chi connectivity index (χ2v) is 13.0. The van der Waals surface area contributed by atoms with Gasteiger partial charge in [0.1, 0.15) is 0 Å². The predicted molar refractivity (Wildman–Crippen MR) is 151 cm³/mol. The number of hydrogen-bond acceptors (Lipinski definition) is 4. The van der Waals surface area contributed by atoms with E-state index in [0.29, 0.717) is 25.0 Å². The van der Waals surface area contributed by atoms with Crippen LogP contribution in [-0.4, -0.2) is 30.6 Å². The van der Waals surface area contributed by atoms with Gasteiger partial charge in [0.05, 0.1) is 12.5 Å². The van der Waals surface area contributed by atoms with Crippen LogP contribution in [0.1, 0.15) is 129 Å². The van der Waals surface area contributed by atoms with Crippen LogP contribution in [0, 0.1) is 0 Å². The normalized spacial score (nSPS) is 18.8. The van der Waals surface area contributed by atoms with E-state index in [1.54, 1.807) is 0 Å². The standard InChI is InChI=1S/C31H51N3O2/c1-30(2,3)24-19-23(20-25(21-24)31(4,5)6)22-32-18-17-28(35)36-29(33-26-13-9-7-10-14-26)34-27-15-11-8-12-16-27/h19-21,26-27,32H,7-18,22H2,1-6H3,(H,33,34). The maximum absolute atomic E-state index is 12.7. The third-order valence-electron chi connectivity index (χ3n) is 7.58. The zero-order chi connectivity index (χ0) is 26.2. The average Bonchev–Trinajstić information content (AvgIpc) is 2.82. The molecule has 0 unspecified atom stereocenters. The summed E-state index contributed by atoms with van der Waals surface area (Å²) in [5.41, 5.74) is 4.16. The molecule has 0 aliphatic heterocycles. The van der Waals surface area contributed by atoms with E-state index in [0.717, 1.165) is 32.2 Å². The first-order valence-electron chi connectivity index (χ1n) is 14.4. The van der Waals surface area contributed by atoms with Crippen molar-refractivity contribution in [2.45, 2.75) is 142 Å². The van der Waals surface area contributed by atoms with Crippen molar-refractivity contribution in [3.05, 3.63) is 34.9 Å². The van der Waals surface area contributed by atoms with E-state index in [1.165, 1.54) is 55.2 Å². The van der Waals surface area contributed by atoms with Crippen molar-refractivity contribution in [2.24, 2.45) is 4.99 Å². The van der Waals surface area contributed by atoms with Crippen LogP contribution in [0.25, 0.3) is 0 Å². The highest BCUT2D eigenvalue weighted by atomic mass is 16.6. The summed E-state index contributed by atoms with van der Waals surface area (Å²) in [5, 5.41) is 6.94. The van der Waals surface area contributed by atoms with Gasteiger partial charge in [0, 0.05) is 19.1 Å². The van der Waals surface area contributed by atoms with E-state index >= 15 is 0 Å². The fraction of sp³-hybridized carbons (Fsp3) is 0.742. The minimum Gasteiger partial charge on any atom is -0.393 e. The van der Waals surface area contributed by atoms with Gasteiger partial charge in [-0.1, -0.05) is 98.3 Å². The van der Waals surface area contributed by atoms with Gasteiger partial charge in [-0.25, -0.2) is 4.99 Å². The molecule has 0 bridgehead atoms. The van der Waals surface area contributed by atoms with Crippen molar-refractivity contribution in [3.8, 4) is 0 Å². The Labute approximate surface area is 220 Å². The molecule has 5 nitrogen and oxygen atoms in total. The molecule has 2 N–H and O–H groups in total. The lowest BCUT2D eigenvalue weighted by molar-refractivity contribution is -0.135. The smallest absolute Gasteiger partial charge is 0.314 e. The van der Waals surface area contributed by atoms with Crippen molar-refractivity contribution >= 4 is 12.0 Å². The van der Waals surface area contributed by atoms with Gasteiger partial charge in [0.15, 0.2) is 0 Å². The Bertz CT molecular complexity index is 835. The second kappa shape index (κ2) is 13.1. The monoisotopic (exact) mass is 497 g/mol. The van der Waals surface area contributed by atoms with E-state index in [-0.39, 0.29) is 22.8 Å². The second-order valence-electron chi connectivity index (χ2n) is 13.0. The topological polar surface area (TPSA) is 62.7 Å². The Hall–Kier alpha value is -1.88. The van der Waals surface area contributed by atoms with Gasteiger partial charge >= 0.3 is 5.97 Å². The number of esters is 1. The van der Waals surface area contributed by atoms with Crippen LogP contribution in [0.5, 0.6) is 0 Å². The van der Waals surface area contributed by atoms with Gasteiger partial charge in [0.2, 0.25) is 0 Å². The summed E-state index contributed by atoms with van der Waals surface area (Å²) in [5.74, 6) is -0.209. The zero-order valence-electron chi connectivity index (χ0n) is 23.8. The Balaban J connectivity index is 1.54. The number of amidine groups is 1. The highest BCUT2D eigenvalue weighted by Gasteiger charge is 2.22. The van der Waals surface area contributed by atoms with Crippen molar-refractivity contribution in [1.29, 1.82) is 0 Å². The zero-order valence-corrected chi connectivity index (χ0v) is 23.8. The Morgan fingerprint density at radius 3 is 1.97 bits per heavy atom. The Kier molecular flexibility index (Phi) is 10.4. The largest absolute Gasteiger partial charge is 0.393 e. The number of rotatable bonds is 7. The number of aliphatic imine (C=N–C) groups is 1. The number of carbonyl (C=O) groups is 1. The van der Waals surface area contributed by atoms with Crippen LogP contribution in [0.2, 0.25) is 0 Å². The minimum absolute atomic E-state index is 0.0964. The molecule has 5 heteroatoms. The Morgan fingerprint density at radius 1 is 0.861 bits per heavy atom. The summed E-state index contributed by atoms with van der Waals surface area (Å²) >= 11 is 0. The molecule has 2 aliphatic carbocycles. The maximum Gasteiger partial charge on any atom is 0.314 e. The van der Waals surface area contributed by atoms with E-state index in [1.807, 2.05) is 0 Å². The number of ether oxygens (including phenoxy) is 1. The molecule has 0 spiro atoms. The first kappa shape index (κ1) is 28.7. The molecule has 0 amide bonds. The molecular formula is C31H51N3O2. The van der Waals surface area contributed by atoms with Gasteiger partial charge in [-0.3, -0.25) is 4.79 Å². The molecule has 0 saturated heterocycles. The quantitative estimate of drug-likeness (QED) is 0.186. The van der Waals surface area contributed by atoms with Crippen LogP contribution in [0.15, 0.2) is 23.2 Å². The summed E-state index contributed by atoms with van der Waals surface area (Å²) in [6, 6.07) is 8.05. The first-order chi connectivity index (χ1) is 17.0. The van der Waals surface area contributed by atoms with Gasteiger partial charge in [-0.15, -0.1) is 0 Å².